The Morgan fingerprint density at radius 3 is 3.00 bits per heavy atom. The molecule has 0 aliphatic carbocycles. The molecule has 0 fully saturated rings. The highest BCUT2D eigenvalue weighted by atomic mass is 16.5. The molecule has 6 heteroatoms. The molecule has 2 N–H and O–H groups in total. The Bertz CT molecular complexity index is 918. The van der Waals surface area contributed by atoms with Gasteiger partial charge in [-0.1, -0.05) is 0 Å². The molecule has 0 spiro atoms. The van der Waals surface area contributed by atoms with Gasteiger partial charge in [-0.25, -0.2) is 9.97 Å². The quantitative estimate of drug-likeness (QED) is 0.792. The number of hydrogen-bond donors (Lipinski definition) is 1. The molecule has 6 nitrogen and oxygen atoms in total. The minimum atomic E-state index is 0.366. The van der Waals surface area contributed by atoms with Gasteiger partial charge in [0, 0.05) is 61.5 Å². The predicted octanol–water partition coefficient (Wildman–Crippen LogP) is 2.60. The van der Waals surface area contributed by atoms with Crippen molar-refractivity contribution >= 4 is 16.9 Å². The van der Waals surface area contributed by atoms with Gasteiger partial charge in [-0.3, -0.25) is 4.90 Å². The number of nitrogen functional groups attached to an aromatic ring is 1. The van der Waals surface area contributed by atoms with Gasteiger partial charge >= 0.3 is 0 Å². The summed E-state index contributed by atoms with van der Waals surface area (Å²) in [5, 5.41) is 1.26. The third kappa shape index (κ3) is 2.93. The molecule has 0 atom stereocenters. The van der Waals surface area contributed by atoms with Gasteiger partial charge in [0.15, 0.2) is 0 Å². The second-order valence-corrected chi connectivity index (χ2v) is 6.48. The third-order valence-electron chi connectivity index (χ3n) is 4.94. The lowest BCUT2D eigenvalue weighted by Crippen LogP contribution is -2.31. The van der Waals surface area contributed by atoms with Crippen LogP contribution in [0.4, 0.5) is 5.95 Å². The van der Waals surface area contributed by atoms with Crippen molar-refractivity contribution in [1.29, 1.82) is 0 Å². The molecule has 4 rings (SSSR count). The molecule has 3 aromatic rings. The first-order valence-electron chi connectivity index (χ1n) is 8.66. The van der Waals surface area contributed by atoms with E-state index < -0.39 is 0 Å². The van der Waals surface area contributed by atoms with Crippen LogP contribution < -0.4 is 10.5 Å². The number of aryl methyl sites for hydroxylation is 1. The summed E-state index contributed by atoms with van der Waals surface area (Å²) < 4.78 is 7.71. The van der Waals surface area contributed by atoms with Gasteiger partial charge in [0.2, 0.25) is 5.95 Å². The van der Waals surface area contributed by atoms with Crippen molar-refractivity contribution < 1.29 is 4.74 Å². The summed E-state index contributed by atoms with van der Waals surface area (Å²) in [6.07, 6.45) is 5.04. The Morgan fingerprint density at radius 1 is 1.32 bits per heavy atom. The molecule has 25 heavy (non-hydrogen) atoms. The number of aromatic nitrogens is 3. The number of anilines is 1. The molecule has 1 aliphatic rings. The van der Waals surface area contributed by atoms with Gasteiger partial charge in [-0.2, -0.15) is 0 Å². The number of fused-ring (bicyclic) bond motifs is 2. The molecule has 0 amide bonds. The fraction of sp³-hybridized carbons (Fsp3) is 0.368. The Balaban J connectivity index is 1.63. The van der Waals surface area contributed by atoms with Crippen molar-refractivity contribution in [2.24, 2.45) is 0 Å². The van der Waals surface area contributed by atoms with Crippen LogP contribution in [-0.4, -0.2) is 33.1 Å². The zero-order valence-corrected chi connectivity index (χ0v) is 14.7. The van der Waals surface area contributed by atoms with Gasteiger partial charge < -0.3 is 15.0 Å². The summed E-state index contributed by atoms with van der Waals surface area (Å²) >= 11 is 0. The van der Waals surface area contributed by atoms with Crippen LogP contribution in [0.3, 0.4) is 0 Å². The van der Waals surface area contributed by atoms with E-state index in [-0.39, 0.29) is 0 Å². The summed E-state index contributed by atoms with van der Waals surface area (Å²) in [5.41, 5.74) is 10.5. The lowest BCUT2D eigenvalue weighted by atomic mass is 10.1. The first-order chi connectivity index (χ1) is 12.2. The summed E-state index contributed by atoms with van der Waals surface area (Å²) in [4.78, 5) is 10.9. The van der Waals surface area contributed by atoms with Crippen LogP contribution in [-0.2, 0) is 26.1 Å². The smallest absolute Gasteiger partial charge is 0.220 e. The normalized spacial score (nSPS) is 14.6. The molecular weight excluding hydrogens is 314 g/mol. The molecule has 130 valence electrons. The summed E-state index contributed by atoms with van der Waals surface area (Å²) in [6, 6.07) is 6.30. The largest absolute Gasteiger partial charge is 0.497 e. The molecule has 0 bridgehead atoms. The molecule has 0 unspecified atom stereocenters. The van der Waals surface area contributed by atoms with E-state index in [1.165, 1.54) is 22.0 Å². The van der Waals surface area contributed by atoms with Crippen LogP contribution in [0.15, 0.2) is 30.6 Å². The number of hydrogen-bond acceptors (Lipinski definition) is 5. The lowest BCUT2D eigenvalue weighted by molar-refractivity contribution is 0.243. The molecular formula is C19H23N5O. The van der Waals surface area contributed by atoms with Crippen molar-refractivity contribution in [1.82, 2.24) is 19.4 Å². The van der Waals surface area contributed by atoms with Crippen LogP contribution >= 0.6 is 0 Å². The van der Waals surface area contributed by atoms with Crippen LogP contribution in [0.1, 0.15) is 23.7 Å². The van der Waals surface area contributed by atoms with E-state index in [1.807, 2.05) is 12.3 Å². The van der Waals surface area contributed by atoms with E-state index >= 15 is 0 Å². The Labute approximate surface area is 147 Å². The first kappa shape index (κ1) is 15.9. The van der Waals surface area contributed by atoms with Gasteiger partial charge in [0.25, 0.3) is 0 Å². The van der Waals surface area contributed by atoms with Gasteiger partial charge in [0.05, 0.1) is 12.8 Å². The maximum absolute atomic E-state index is 5.70. The fourth-order valence-electron chi connectivity index (χ4n) is 3.63. The summed E-state index contributed by atoms with van der Waals surface area (Å²) in [7, 11) is 1.71. The van der Waals surface area contributed by atoms with Crippen molar-refractivity contribution in [3.63, 3.8) is 0 Å². The molecule has 0 saturated heterocycles. The molecule has 0 saturated carbocycles. The first-order valence-corrected chi connectivity index (χ1v) is 8.66. The van der Waals surface area contributed by atoms with Crippen LogP contribution in [0.25, 0.3) is 10.9 Å². The summed E-state index contributed by atoms with van der Waals surface area (Å²) in [6.45, 7) is 5.87. The van der Waals surface area contributed by atoms with Crippen LogP contribution in [0.5, 0.6) is 5.75 Å². The minimum Gasteiger partial charge on any atom is -0.497 e. The second-order valence-electron chi connectivity index (χ2n) is 6.48. The number of rotatable bonds is 4. The highest BCUT2D eigenvalue weighted by Crippen LogP contribution is 2.28. The number of ether oxygens (including phenoxy) is 1. The van der Waals surface area contributed by atoms with E-state index in [2.05, 4.69) is 44.7 Å². The van der Waals surface area contributed by atoms with E-state index in [1.54, 1.807) is 7.11 Å². The average Bonchev–Trinajstić information content (AvgIpc) is 2.98. The molecule has 1 aliphatic heterocycles. The molecule has 3 heterocycles. The van der Waals surface area contributed by atoms with E-state index in [9.17, 15) is 0 Å². The predicted molar refractivity (Wildman–Crippen MR) is 98.4 cm³/mol. The highest BCUT2D eigenvalue weighted by Gasteiger charge is 2.20. The zero-order valence-electron chi connectivity index (χ0n) is 14.7. The average molecular weight is 337 g/mol. The van der Waals surface area contributed by atoms with Crippen LogP contribution in [0, 0.1) is 0 Å². The number of benzene rings is 1. The van der Waals surface area contributed by atoms with E-state index in [0.717, 1.165) is 44.0 Å². The number of methoxy groups -OCH3 is 1. The minimum absolute atomic E-state index is 0.366. The number of nitrogens with zero attached hydrogens (tertiary/aromatic N) is 4. The molecule has 2 aromatic heterocycles. The van der Waals surface area contributed by atoms with Crippen molar-refractivity contribution in [2.75, 3.05) is 19.4 Å². The maximum atomic E-state index is 5.70. The van der Waals surface area contributed by atoms with Gasteiger partial charge in [0.1, 0.15) is 5.75 Å². The monoisotopic (exact) mass is 337 g/mol. The zero-order chi connectivity index (χ0) is 17.4. The standard InChI is InChI=1S/C19H23N5O/c1-3-24-12-14(16-8-15(25-2)4-5-18(16)24)11-23-7-6-17-13(10-23)9-21-19(20)22-17/h4-5,8-9,12H,3,6-7,10-11H2,1-2H3,(H2,20,21,22). The fourth-order valence-corrected chi connectivity index (χ4v) is 3.63. The van der Waals surface area contributed by atoms with Crippen molar-refractivity contribution in [3.05, 3.63) is 47.4 Å². The molecule has 1 aromatic carbocycles. The summed E-state index contributed by atoms with van der Waals surface area (Å²) in [5.74, 6) is 1.26. The van der Waals surface area contributed by atoms with Crippen molar-refractivity contribution in [2.45, 2.75) is 33.0 Å². The van der Waals surface area contributed by atoms with Gasteiger partial charge in [-0.15, -0.1) is 0 Å². The Morgan fingerprint density at radius 2 is 2.20 bits per heavy atom. The van der Waals surface area contributed by atoms with Gasteiger partial charge in [-0.05, 0) is 30.7 Å². The van der Waals surface area contributed by atoms with E-state index in [0.29, 0.717) is 5.95 Å². The second kappa shape index (κ2) is 6.37. The highest BCUT2D eigenvalue weighted by molar-refractivity contribution is 5.85. The Kier molecular flexibility index (Phi) is 4.05. The van der Waals surface area contributed by atoms with E-state index in [4.69, 9.17) is 10.5 Å². The maximum Gasteiger partial charge on any atom is 0.220 e. The lowest BCUT2D eigenvalue weighted by Gasteiger charge is -2.27. The SMILES string of the molecule is CCn1cc(CN2CCc3nc(N)ncc3C2)c2cc(OC)ccc21. The third-order valence-corrected chi connectivity index (χ3v) is 4.94. The number of nitrogens with two attached hydrogens (primary N) is 1. The van der Waals surface area contributed by atoms with Crippen molar-refractivity contribution in [3.8, 4) is 5.75 Å². The van der Waals surface area contributed by atoms with Crippen LogP contribution in [0.2, 0.25) is 0 Å². The Hall–Kier alpha value is -2.60. The molecule has 0 radical (unpaired) electrons. The topological polar surface area (TPSA) is 69.2 Å².